The maximum absolute atomic E-state index is 12.8. The fraction of sp³-hybridized carbons (Fsp3) is 0.737. The number of hydrogen-bond donors (Lipinski definition) is 9. The Morgan fingerprint density at radius 3 is 1.97 bits per heavy atom. The number of nitrogens with two attached hydrogens (primary N) is 3. The van der Waals surface area contributed by atoms with Gasteiger partial charge in [-0.3, -0.25) is 19.4 Å². The Morgan fingerprint density at radius 2 is 1.52 bits per heavy atom. The number of aliphatic hydroxyl groups is 2. The molecule has 0 heterocycles. The topological polar surface area (TPSA) is 255 Å². The highest BCUT2D eigenvalue weighted by Crippen LogP contribution is 2.07. The van der Waals surface area contributed by atoms with Crippen LogP contribution in [0.4, 0.5) is 0 Å². The van der Waals surface area contributed by atoms with Gasteiger partial charge in [-0.05, 0) is 32.1 Å². The van der Waals surface area contributed by atoms with Crippen LogP contribution in [0.15, 0.2) is 4.99 Å². The lowest BCUT2D eigenvalue weighted by atomic mass is 10.0. The second kappa shape index (κ2) is 15.0. The van der Waals surface area contributed by atoms with Gasteiger partial charge in [0.25, 0.3) is 0 Å². The predicted octanol–water partition coefficient (Wildman–Crippen LogP) is -3.67. The summed E-state index contributed by atoms with van der Waals surface area (Å²) in [6.45, 7) is 4.31. The summed E-state index contributed by atoms with van der Waals surface area (Å²) in [4.78, 5) is 52.8. The first-order chi connectivity index (χ1) is 15.3. The molecule has 0 saturated heterocycles. The van der Waals surface area contributed by atoms with Crippen LogP contribution in [0, 0.1) is 5.92 Å². The molecular formula is C19H37N7O7. The van der Waals surface area contributed by atoms with Gasteiger partial charge in [0.15, 0.2) is 5.96 Å². The van der Waals surface area contributed by atoms with Gasteiger partial charge >= 0.3 is 5.97 Å². The number of aliphatic imine (C=N–C) groups is 1. The van der Waals surface area contributed by atoms with Crippen LogP contribution in [0.25, 0.3) is 0 Å². The van der Waals surface area contributed by atoms with Gasteiger partial charge in [-0.1, -0.05) is 13.8 Å². The summed E-state index contributed by atoms with van der Waals surface area (Å²) in [7, 11) is 0. The number of nitrogens with zero attached hydrogens (tertiary/aromatic N) is 1. The number of carbonyl (C=O) groups excluding carboxylic acids is 3. The maximum atomic E-state index is 12.8. The van der Waals surface area contributed by atoms with E-state index in [4.69, 9.17) is 22.3 Å². The number of amides is 3. The SMILES string of the molecule is CC(C)CC(NC(=O)C(CCCN=C(N)N)NC(=O)C(NC(=O)C(N)CO)C(C)O)C(=O)O. The second-order valence-electron chi connectivity index (χ2n) is 8.05. The van der Waals surface area contributed by atoms with Crippen molar-refractivity contribution in [3.63, 3.8) is 0 Å². The lowest BCUT2D eigenvalue weighted by molar-refractivity contribution is -0.143. The molecule has 33 heavy (non-hydrogen) atoms. The Hall–Kier alpha value is -2.97. The normalized spacial score (nSPS) is 15.5. The Labute approximate surface area is 192 Å². The molecule has 14 nitrogen and oxygen atoms in total. The van der Waals surface area contributed by atoms with Gasteiger partial charge in [-0.25, -0.2) is 4.79 Å². The number of aliphatic carboxylic acids is 1. The quantitative estimate of drug-likeness (QED) is 0.0636. The van der Waals surface area contributed by atoms with E-state index in [9.17, 15) is 29.4 Å². The summed E-state index contributed by atoms with van der Waals surface area (Å²) in [5.74, 6) is -3.94. The van der Waals surface area contributed by atoms with Crippen molar-refractivity contribution in [2.45, 2.75) is 70.3 Å². The first-order valence-corrected chi connectivity index (χ1v) is 10.5. The van der Waals surface area contributed by atoms with Crippen LogP contribution >= 0.6 is 0 Å². The summed E-state index contributed by atoms with van der Waals surface area (Å²) in [6.07, 6.45) is -0.891. The summed E-state index contributed by atoms with van der Waals surface area (Å²) in [6, 6.07) is -5.17. The van der Waals surface area contributed by atoms with Crippen molar-refractivity contribution in [1.29, 1.82) is 0 Å². The van der Waals surface area contributed by atoms with Gasteiger partial charge in [0, 0.05) is 6.54 Å². The summed E-state index contributed by atoms with van der Waals surface area (Å²) >= 11 is 0. The zero-order valence-corrected chi connectivity index (χ0v) is 19.2. The number of nitrogens with one attached hydrogen (secondary N) is 3. The van der Waals surface area contributed by atoms with Crippen molar-refractivity contribution < 1.29 is 34.5 Å². The first-order valence-electron chi connectivity index (χ1n) is 10.5. The second-order valence-corrected chi connectivity index (χ2v) is 8.05. The third-order valence-electron chi connectivity index (χ3n) is 4.50. The summed E-state index contributed by atoms with van der Waals surface area (Å²) < 4.78 is 0. The molecule has 5 unspecified atom stereocenters. The molecule has 0 saturated carbocycles. The molecule has 0 aliphatic heterocycles. The number of rotatable bonds is 15. The number of hydrogen-bond acceptors (Lipinski definition) is 8. The number of carboxylic acids is 1. The molecule has 0 radical (unpaired) electrons. The Kier molecular flexibility index (Phi) is 13.6. The van der Waals surface area contributed by atoms with Crippen molar-refractivity contribution in [3.8, 4) is 0 Å². The van der Waals surface area contributed by atoms with Crippen LogP contribution in [0.3, 0.4) is 0 Å². The fourth-order valence-electron chi connectivity index (χ4n) is 2.75. The van der Waals surface area contributed by atoms with Crippen molar-refractivity contribution in [1.82, 2.24) is 16.0 Å². The van der Waals surface area contributed by atoms with E-state index in [0.717, 1.165) is 0 Å². The highest BCUT2D eigenvalue weighted by molar-refractivity contribution is 5.94. The molecule has 0 aliphatic rings. The zero-order chi connectivity index (χ0) is 25.7. The molecule has 0 bridgehead atoms. The Balaban J connectivity index is 5.53. The van der Waals surface area contributed by atoms with Crippen molar-refractivity contribution in [3.05, 3.63) is 0 Å². The Morgan fingerprint density at radius 1 is 0.939 bits per heavy atom. The van der Waals surface area contributed by atoms with Gasteiger partial charge in [0.05, 0.1) is 12.7 Å². The number of guanidine groups is 1. The van der Waals surface area contributed by atoms with Crippen LogP contribution in [0.1, 0.15) is 40.0 Å². The zero-order valence-electron chi connectivity index (χ0n) is 19.2. The van der Waals surface area contributed by atoms with Gasteiger partial charge in [0.2, 0.25) is 17.7 Å². The minimum Gasteiger partial charge on any atom is -0.480 e. The van der Waals surface area contributed by atoms with E-state index in [-0.39, 0.29) is 37.7 Å². The molecule has 5 atom stereocenters. The molecule has 0 aromatic rings. The minimum absolute atomic E-state index is 0.0214. The summed E-state index contributed by atoms with van der Waals surface area (Å²) in [5.41, 5.74) is 16.0. The molecule has 0 spiro atoms. The molecule has 190 valence electrons. The van der Waals surface area contributed by atoms with Crippen LogP contribution in [-0.2, 0) is 19.2 Å². The summed E-state index contributed by atoms with van der Waals surface area (Å²) in [5, 5.41) is 35.3. The molecule has 12 N–H and O–H groups in total. The molecule has 3 amide bonds. The molecule has 14 heteroatoms. The smallest absolute Gasteiger partial charge is 0.326 e. The third kappa shape index (κ3) is 12.0. The Bertz CT molecular complexity index is 696. The first kappa shape index (κ1) is 30.0. The van der Waals surface area contributed by atoms with Gasteiger partial charge in [0.1, 0.15) is 24.2 Å². The highest BCUT2D eigenvalue weighted by Gasteiger charge is 2.32. The number of aliphatic hydroxyl groups excluding tert-OH is 2. The lowest BCUT2D eigenvalue weighted by Crippen LogP contribution is -2.60. The average molecular weight is 476 g/mol. The van der Waals surface area contributed by atoms with Gasteiger partial charge in [-0.15, -0.1) is 0 Å². The van der Waals surface area contributed by atoms with Gasteiger partial charge < -0.3 is 48.5 Å². The average Bonchev–Trinajstić information content (AvgIpc) is 2.71. The van der Waals surface area contributed by atoms with E-state index >= 15 is 0 Å². The van der Waals surface area contributed by atoms with Crippen molar-refractivity contribution in [2.24, 2.45) is 28.1 Å². The largest absolute Gasteiger partial charge is 0.480 e. The highest BCUT2D eigenvalue weighted by atomic mass is 16.4. The number of carbonyl (C=O) groups is 4. The van der Waals surface area contributed by atoms with Crippen LogP contribution in [-0.4, -0.2) is 88.4 Å². The van der Waals surface area contributed by atoms with Gasteiger partial charge in [-0.2, -0.15) is 0 Å². The number of carboxylic acid groups (broad SMARTS) is 1. The molecule has 0 aliphatic carbocycles. The van der Waals surface area contributed by atoms with E-state index < -0.39 is 60.6 Å². The molecule has 0 aromatic carbocycles. The fourth-order valence-corrected chi connectivity index (χ4v) is 2.75. The predicted molar refractivity (Wildman–Crippen MR) is 120 cm³/mol. The van der Waals surface area contributed by atoms with E-state index in [1.54, 1.807) is 13.8 Å². The molecule has 0 fully saturated rings. The van der Waals surface area contributed by atoms with E-state index in [2.05, 4.69) is 20.9 Å². The van der Waals surface area contributed by atoms with Crippen molar-refractivity contribution in [2.75, 3.05) is 13.2 Å². The van der Waals surface area contributed by atoms with Crippen LogP contribution < -0.4 is 33.2 Å². The maximum Gasteiger partial charge on any atom is 0.326 e. The standard InChI is InChI=1S/C19H37N7O7/c1-9(2)7-13(18(32)33)25-16(30)12(5-4-6-23-19(21)22)24-17(31)14(10(3)28)26-15(29)11(20)8-27/h9-14,27-28H,4-8,20H2,1-3H3,(H,24,31)(H,25,30)(H,26,29)(H,32,33)(H4,21,22,23). The van der Waals surface area contributed by atoms with E-state index in [1.165, 1.54) is 6.92 Å². The van der Waals surface area contributed by atoms with Crippen LogP contribution in [0.2, 0.25) is 0 Å². The monoisotopic (exact) mass is 475 g/mol. The lowest BCUT2D eigenvalue weighted by Gasteiger charge is -2.26. The van der Waals surface area contributed by atoms with E-state index in [0.29, 0.717) is 0 Å². The van der Waals surface area contributed by atoms with Crippen LogP contribution in [0.5, 0.6) is 0 Å². The van der Waals surface area contributed by atoms with E-state index in [1.807, 2.05) is 0 Å². The molecular weight excluding hydrogens is 438 g/mol. The minimum atomic E-state index is -1.48. The third-order valence-corrected chi connectivity index (χ3v) is 4.50. The molecule has 0 aromatic heterocycles. The molecule has 0 rings (SSSR count). The van der Waals surface area contributed by atoms with Crippen molar-refractivity contribution >= 4 is 29.7 Å².